The van der Waals surface area contributed by atoms with E-state index in [-0.39, 0.29) is 6.42 Å². The van der Waals surface area contributed by atoms with Gasteiger partial charge in [0, 0.05) is 19.2 Å². The standard InChI is InChI=1S/C25H25F3N4O5S/c1-32(18-12-14-19(37-2)15-13-18)23(33)22(16-17-8-4-3-5-9-17)29-24(34)31-38(35,36)30-21-11-7-6-10-20(21)25(26,27)28/h3-15,22,30H,16H2,1-2H3,(H2,29,31,34). The van der Waals surface area contributed by atoms with Gasteiger partial charge in [-0.3, -0.25) is 9.52 Å². The molecule has 0 aliphatic carbocycles. The minimum Gasteiger partial charge on any atom is -0.497 e. The minimum atomic E-state index is -4.83. The van der Waals surface area contributed by atoms with E-state index in [1.165, 1.54) is 25.1 Å². The van der Waals surface area contributed by atoms with Gasteiger partial charge in [-0.25, -0.2) is 9.52 Å². The number of likely N-dealkylation sites (N-methyl/N-ethyl adjacent to an activating group) is 1. The summed E-state index contributed by atoms with van der Waals surface area (Å²) in [5.74, 6) is -0.000292. The van der Waals surface area contributed by atoms with E-state index in [1.807, 2.05) is 0 Å². The monoisotopic (exact) mass is 550 g/mol. The summed E-state index contributed by atoms with van der Waals surface area (Å²) in [6.45, 7) is 0. The number of methoxy groups -OCH3 is 1. The van der Waals surface area contributed by atoms with Crippen LogP contribution in [0.4, 0.5) is 29.3 Å². The average molecular weight is 551 g/mol. The molecule has 0 aliphatic heterocycles. The number of amides is 3. The van der Waals surface area contributed by atoms with Crippen molar-refractivity contribution >= 4 is 33.5 Å². The number of ether oxygens (including phenoxy) is 1. The van der Waals surface area contributed by atoms with Gasteiger partial charge in [0.15, 0.2) is 0 Å². The molecule has 0 aliphatic rings. The molecule has 0 aromatic heterocycles. The van der Waals surface area contributed by atoms with Gasteiger partial charge in [0.2, 0.25) is 5.91 Å². The third-order valence-electron chi connectivity index (χ3n) is 5.38. The summed E-state index contributed by atoms with van der Waals surface area (Å²) in [6, 6.07) is 16.6. The molecule has 0 fully saturated rings. The van der Waals surface area contributed by atoms with Crippen LogP contribution in [-0.4, -0.2) is 40.6 Å². The summed E-state index contributed by atoms with van der Waals surface area (Å²) in [5, 5.41) is 2.32. The number of hydrogen-bond donors (Lipinski definition) is 3. The molecule has 1 unspecified atom stereocenters. The van der Waals surface area contributed by atoms with E-state index in [0.29, 0.717) is 23.1 Å². The number of rotatable bonds is 9. The van der Waals surface area contributed by atoms with Crippen LogP contribution in [0.25, 0.3) is 0 Å². The van der Waals surface area contributed by atoms with Crippen molar-refractivity contribution in [2.24, 2.45) is 0 Å². The van der Waals surface area contributed by atoms with Gasteiger partial charge in [-0.2, -0.15) is 21.6 Å². The molecule has 0 radical (unpaired) electrons. The Labute approximate surface area is 217 Å². The molecule has 9 nitrogen and oxygen atoms in total. The molecule has 3 N–H and O–H groups in total. The quantitative estimate of drug-likeness (QED) is 0.373. The fraction of sp³-hybridized carbons (Fsp3) is 0.200. The second kappa shape index (κ2) is 11.9. The van der Waals surface area contributed by atoms with Crippen molar-refractivity contribution in [3.63, 3.8) is 0 Å². The van der Waals surface area contributed by atoms with E-state index in [2.05, 4.69) is 5.32 Å². The maximum Gasteiger partial charge on any atom is 0.418 e. The minimum absolute atomic E-state index is 0.0119. The first-order valence-corrected chi connectivity index (χ1v) is 12.6. The number of benzene rings is 3. The Morgan fingerprint density at radius 3 is 2.16 bits per heavy atom. The summed E-state index contributed by atoms with van der Waals surface area (Å²) in [5.41, 5.74) is -0.844. The van der Waals surface area contributed by atoms with Crippen LogP contribution in [0.3, 0.4) is 0 Å². The number of carbonyl (C=O) groups excluding carboxylic acids is 2. The van der Waals surface area contributed by atoms with Crippen LogP contribution >= 0.6 is 0 Å². The normalized spacial score (nSPS) is 12.2. The molecule has 3 amide bonds. The van der Waals surface area contributed by atoms with E-state index >= 15 is 0 Å². The molecule has 0 saturated heterocycles. The third-order valence-corrected chi connectivity index (χ3v) is 6.32. The Hall–Kier alpha value is -4.26. The van der Waals surface area contributed by atoms with Crippen molar-refractivity contribution in [2.45, 2.75) is 18.6 Å². The van der Waals surface area contributed by atoms with Crippen LogP contribution in [-0.2, 0) is 27.6 Å². The lowest BCUT2D eigenvalue weighted by atomic mass is 10.0. The van der Waals surface area contributed by atoms with Gasteiger partial charge in [-0.1, -0.05) is 42.5 Å². The topological polar surface area (TPSA) is 117 Å². The highest BCUT2D eigenvalue weighted by molar-refractivity contribution is 7.91. The molecule has 0 spiro atoms. The van der Waals surface area contributed by atoms with Crippen LogP contribution in [0.1, 0.15) is 11.1 Å². The highest BCUT2D eigenvalue weighted by Crippen LogP contribution is 2.34. The third kappa shape index (κ3) is 7.62. The van der Waals surface area contributed by atoms with Crippen LogP contribution in [0.5, 0.6) is 5.75 Å². The Kier molecular flexibility index (Phi) is 8.84. The molecule has 13 heteroatoms. The van der Waals surface area contributed by atoms with Crippen molar-refractivity contribution in [3.05, 3.63) is 90.0 Å². The SMILES string of the molecule is COc1ccc(N(C)C(=O)C(Cc2ccccc2)NC(=O)NS(=O)(=O)Nc2ccccc2C(F)(F)F)cc1. The largest absolute Gasteiger partial charge is 0.497 e. The Morgan fingerprint density at radius 2 is 1.55 bits per heavy atom. The molecular formula is C25H25F3N4O5S. The Balaban J connectivity index is 1.78. The van der Waals surface area contributed by atoms with Crippen molar-refractivity contribution in [2.75, 3.05) is 23.8 Å². The summed E-state index contributed by atoms with van der Waals surface area (Å²) in [7, 11) is -1.82. The average Bonchev–Trinajstić information content (AvgIpc) is 2.87. The predicted molar refractivity (Wildman–Crippen MR) is 136 cm³/mol. The summed E-state index contributed by atoms with van der Waals surface area (Å²) < 4.78 is 73.0. The van der Waals surface area contributed by atoms with Crippen molar-refractivity contribution < 1.29 is 35.9 Å². The molecule has 3 aromatic carbocycles. The van der Waals surface area contributed by atoms with Crippen molar-refractivity contribution in [3.8, 4) is 5.75 Å². The lowest BCUT2D eigenvalue weighted by molar-refractivity contribution is -0.136. The highest BCUT2D eigenvalue weighted by Gasteiger charge is 2.34. The van der Waals surface area contributed by atoms with Gasteiger partial charge in [0.05, 0.1) is 18.4 Å². The number of nitrogens with one attached hydrogen (secondary N) is 3. The molecule has 0 heterocycles. The van der Waals surface area contributed by atoms with Gasteiger partial charge in [0.25, 0.3) is 0 Å². The zero-order valence-electron chi connectivity index (χ0n) is 20.3. The lowest BCUT2D eigenvalue weighted by Gasteiger charge is -2.25. The van der Waals surface area contributed by atoms with E-state index in [0.717, 1.165) is 12.1 Å². The molecule has 3 rings (SSSR count). The van der Waals surface area contributed by atoms with Crippen LogP contribution in [0.2, 0.25) is 0 Å². The fourth-order valence-electron chi connectivity index (χ4n) is 3.52. The molecule has 0 saturated carbocycles. The van der Waals surface area contributed by atoms with Crippen LogP contribution in [0, 0.1) is 0 Å². The summed E-state index contributed by atoms with van der Waals surface area (Å²) >= 11 is 0. The van der Waals surface area contributed by atoms with Crippen LogP contribution in [0.15, 0.2) is 78.9 Å². The Morgan fingerprint density at radius 1 is 0.947 bits per heavy atom. The van der Waals surface area contributed by atoms with Crippen LogP contribution < -0.4 is 24.4 Å². The number of anilines is 2. The number of carbonyl (C=O) groups is 2. The number of halogens is 3. The smallest absolute Gasteiger partial charge is 0.418 e. The number of para-hydroxylation sites is 1. The second-order valence-electron chi connectivity index (χ2n) is 8.06. The number of alkyl halides is 3. The fourth-order valence-corrected chi connectivity index (χ4v) is 4.34. The van der Waals surface area contributed by atoms with Gasteiger partial charge < -0.3 is 15.0 Å². The van der Waals surface area contributed by atoms with Crippen molar-refractivity contribution in [1.82, 2.24) is 10.0 Å². The first kappa shape index (κ1) is 28.3. The van der Waals surface area contributed by atoms with E-state index in [4.69, 9.17) is 4.74 Å². The first-order valence-electron chi connectivity index (χ1n) is 11.1. The van der Waals surface area contributed by atoms with Gasteiger partial charge in [0.1, 0.15) is 11.8 Å². The summed E-state index contributed by atoms with van der Waals surface area (Å²) in [4.78, 5) is 27.2. The second-order valence-corrected chi connectivity index (χ2v) is 9.48. The number of nitrogens with zero attached hydrogens (tertiary/aromatic N) is 1. The maximum atomic E-state index is 13.3. The van der Waals surface area contributed by atoms with Crippen molar-refractivity contribution in [1.29, 1.82) is 0 Å². The predicted octanol–water partition coefficient (Wildman–Crippen LogP) is 3.94. The highest BCUT2D eigenvalue weighted by atomic mass is 32.2. The van der Waals surface area contributed by atoms with Gasteiger partial charge in [-0.15, -0.1) is 0 Å². The van der Waals surface area contributed by atoms with E-state index < -0.39 is 45.6 Å². The zero-order valence-corrected chi connectivity index (χ0v) is 21.1. The molecule has 0 bridgehead atoms. The van der Waals surface area contributed by atoms with E-state index in [1.54, 1.807) is 64.0 Å². The molecule has 202 valence electrons. The molecule has 3 aromatic rings. The van der Waals surface area contributed by atoms with Gasteiger partial charge >= 0.3 is 22.4 Å². The molecular weight excluding hydrogens is 525 g/mol. The summed E-state index contributed by atoms with van der Waals surface area (Å²) in [6.07, 6.45) is -4.82. The number of urea groups is 1. The Bertz CT molecular complexity index is 1370. The zero-order chi connectivity index (χ0) is 27.9. The maximum absolute atomic E-state index is 13.3. The lowest BCUT2D eigenvalue weighted by Crippen LogP contribution is -2.53. The van der Waals surface area contributed by atoms with E-state index in [9.17, 15) is 31.2 Å². The first-order chi connectivity index (χ1) is 17.9. The molecule has 38 heavy (non-hydrogen) atoms. The van der Waals surface area contributed by atoms with Gasteiger partial charge in [-0.05, 0) is 42.0 Å². The molecule has 1 atom stereocenters. The number of hydrogen-bond acceptors (Lipinski definition) is 5.